The molecule has 2 aliphatic rings. The van der Waals surface area contributed by atoms with E-state index >= 15 is 0 Å². The lowest BCUT2D eigenvalue weighted by atomic mass is 9.81. The minimum atomic E-state index is -0.835. The van der Waals surface area contributed by atoms with E-state index in [1.807, 2.05) is 0 Å². The van der Waals surface area contributed by atoms with Crippen LogP contribution in [0.4, 0.5) is 5.82 Å². The van der Waals surface area contributed by atoms with Crippen molar-refractivity contribution >= 4 is 17.3 Å². The molecule has 0 radical (unpaired) electrons. The van der Waals surface area contributed by atoms with Crippen molar-refractivity contribution in [3.63, 3.8) is 0 Å². The van der Waals surface area contributed by atoms with Gasteiger partial charge in [-0.2, -0.15) is 0 Å². The number of allylic oxidation sites excluding steroid dienone is 1. The summed E-state index contributed by atoms with van der Waals surface area (Å²) in [5.74, 6) is -1.58. The number of fused-ring (bicyclic) bond motifs is 3. The summed E-state index contributed by atoms with van der Waals surface area (Å²) in [5, 5.41) is 22.6. The van der Waals surface area contributed by atoms with E-state index in [1.165, 1.54) is 18.2 Å². The standard InChI is InChI=1S/C20H13N3O5/c24-11-6-5-8(7-12(11)25)13-14-16(9-3-1-2-4-10(9)17(14)26)21-18-15(13)19(27)23-20(28)22-18/h1-7,13,24-25H,(H3,21,22,23,27,28). The second-order valence-electron chi connectivity index (χ2n) is 6.67. The van der Waals surface area contributed by atoms with Gasteiger partial charge < -0.3 is 15.5 Å². The number of Topliss-reactive ketones (excluding diaryl/α,β-unsaturated/α-hetero) is 1. The number of hydrogen-bond acceptors (Lipinski definition) is 6. The first kappa shape index (κ1) is 16.1. The van der Waals surface area contributed by atoms with Gasteiger partial charge in [0.15, 0.2) is 17.3 Å². The summed E-state index contributed by atoms with van der Waals surface area (Å²) in [6.45, 7) is 0. The van der Waals surface area contributed by atoms with Crippen LogP contribution in [0.25, 0.3) is 5.70 Å². The number of carbonyl (C=O) groups excluding carboxylic acids is 1. The average molecular weight is 375 g/mol. The molecule has 1 aliphatic carbocycles. The monoisotopic (exact) mass is 375 g/mol. The fourth-order valence-corrected chi connectivity index (χ4v) is 3.91. The fourth-order valence-electron chi connectivity index (χ4n) is 3.91. The lowest BCUT2D eigenvalue weighted by Gasteiger charge is -2.27. The predicted molar refractivity (Wildman–Crippen MR) is 101 cm³/mol. The normalized spacial score (nSPS) is 17.0. The van der Waals surface area contributed by atoms with Crippen LogP contribution in [0.5, 0.6) is 11.5 Å². The minimum absolute atomic E-state index is 0.157. The molecule has 0 fully saturated rings. The number of anilines is 1. The van der Waals surface area contributed by atoms with Gasteiger partial charge in [0.05, 0.1) is 11.3 Å². The van der Waals surface area contributed by atoms with Crippen LogP contribution < -0.4 is 16.6 Å². The summed E-state index contributed by atoms with van der Waals surface area (Å²) < 4.78 is 0. The van der Waals surface area contributed by atoms with Crippen molar-refractivity contribution in [2.24, 2.45) is 0 Å². The molecule has 8 heteroatoms. The molecule has 5 rings (SSSR count). The number of rotatable bonds is 1. The number of nitrogens with one attached hydrogen (secondary N) is 3. The topological polar surface area (TPSA) is 135 Å². The molecular weight excluding hydrogens is 362 g/mol. The molecule has 8 nitrogen and oxygen atoms in total. The predicted octanol–water partition coefficient (Wildman–Crippen LogP) is 1.64. The molecule has 2 heterocycles. The molecule has 1 aliphatic heterocycles. The molecule has 2 aromatic carbocycles. The summed E-state index contributed by atoms with van der Waals surface area (Å²) in [6.07, 6.45) is 0. The number of aromatic hydroxyl groups is 2. The number of aromatic amines is 2. The quantitative estimate of drug-likeness (QED) is 0.410. The Kier molecular flexibility index (Phi) is 3.15. The van der Waals surface area contributed by atoms with Gasteiger partial charge in [-0.15, -0.1) is 0 Å². The smallest absolute Gasteiger partial charge is 0.327 e. The molecule has 3 aromatic rings. The SMILES string of the molecule is O=C1C2=C(Nc3[nH]c(=O)[nH]c(=O)c3C2c2ccc(O)c(O)c2)c2ccccc21. The molecular formula is C20H13N3O5. The lowest BCUT2D eigenvalue weighted by molar-refractivity contribution is 0.103. The van der Waals surface area contributed by atoms with Crippen LogP contribution >= 0.6 is 0 Å². The Bertz CT molecular complexity index is 1330. The Morgan fingerprint density at radius 3 is 2.36 bits per heavy atom. The van der Waals surface area contributed by atoms with Crippen molar-refractivity contribution in [2.75, 3.05) is 5.32 Å². The van der Waals surface area contributed by atoms with Gasteiger partial charge in [0.25, 0.3) is 5.56 Å². The first-order chi connectivity index (χ1) is 13.5. The van der Waals surface area contributed by atoms with E-state index in [0.717, 1.165) is 0 Å². The number of benzene rings is 2. The maximum atomic E-state index is 13.2. The van der Waals surface area contributed by atoms with E-state index in [9.17, 15) is 24.6 Å². The summed E-state index contributed by atoms with van der Waals surface area (Å²) in [6, 6.07) is 11.1. The van der Waals surface area contributed by atoms with Gasteiger partial charge in [0, 0.05) is 22.6 Å². The number of phenolic OH excluding ortho intramolecular Hbond substituents is 2. The van der Waals surface area contributed by atoms with Crippen LogP contribution in [0.2, 0.25) is 0 Å². The van der Waals surface area contributed by atoms with Crippen molar-refractivity contribution in [1.82, 2.24) is 9.97 Å². The molecule has 138 valence electrons. The fraction of sp³-hybridized carbons (Fsp3) is 0.0500. The van der Waals surface area contributed by atoms with E-state index in [0.29, 0.717) is 28.0 Å². The molecule has 0 amide bonds. The van der Waals surface area contributed by atoms with Crippen molar-refractivity contribution in [1.29, 1.82) is 0 Å². The highest BCUT2D eigenvalue weighted by Gasteiger charge is 2.41. The van der Waals surface area contributed by atoms with Gasteiger partial charge in [0.2, 0.25) is 0 Å². The Balaban J connectivity index is 1.85. The average Bonchev–Trinajstić information content (AvgIpc) is 2.95. The molecule has 1 unspecified atom stereocenters. The van der Waals surface area contributed by atoms with Gasteiger partial charge in [-0.3, -0.25) is 19.6 Å². The van der Waals surface area contributed by atoms with Crippen LogP contribution in [0.3, 0.4) is 0 Å². The highest BCUT2D eigenvalue weighted by atomic mass is 16.3. The molecule has 28 heavy (non-hydrogen) atoms. The largest absolute Gasteiger partial charge is 0.504 e. The van der Waals surface area contributed by atoms with Crippen molar-refractivity contribution in [2.45, 2.75) is 5.92 Å². The first-order valence-electron chi connectivity index (χ1n) is 8.49. The number of carbonyl (C=O) groups is 1. The molecule has 1 atom stereocenters. The Morgan fingerprint density at radius 2 is 1.61 bits per heavy atom. The molecule has 0 bridgehead atoms. The maximum absolute atomic E-state index is 13.2. The minimum Gasteiger partial charge on any atom is -0.504 e. The molecule has 1 aromatic heterocycles. The Hall–Kier alpha value is -4.07. The van der Waals surface area contributed by atoms with Crippen LogP contribution in [-0.4, -0.2) is 26.0 Å². The number of ketones is 1. The van der Waals surface area contributed by atoms with Gasteiger partial charge >= 0.3 is 5.69 Å². The maximum Gasteiger partial charge on any atom is 0.327 e. The summed E-state index contributed by atoms with van der Waals surface area (Å²) in [4.78, 5) is 42.3. The Morgan fingerprint density at radius 1 is 0.857 bits per heavy atom. The third-order valence-electron chi connectivity index (χ3n) is 5.09. The zero-order valence-corrected chi connectivity index (χ0v) is 14.2. The van der Waals surface area contributed by atoms with E-state index < -0.39 is 17.2 Å². The van der Waals surface area contributed by atoms with Crippen molar-refractivity contribution < 1.29 is 15.0 Å². The summed E-state index contributed by atoms with van der Waals surface area (Å²) >= 11 is 0. The number of H-pyrrole nitrogens is 2. The second-order valence-corrected chi connectivity index (χ2v) is 6.67. The van der Waals surface area contributed by atoms with Crippen LogP contribution in [0, 0.1) is 0 Å². The van der Waals surface area contributed by atoms with Crippen molar-refractivity contribution in [3.8, 4) is 11.5 Å². The van der Waals surface area contributed by atoms with Crippen LogP contribution in [0.1, 0.15) is 33.0 Å². The lowest BCUT2D eigenvalue weighted by Crippen LogP contribution is -2.33. The second kappa shape index (κ2) is 5.46. The van der Waals surface area contributed by atoms with Gasteiger partial charge in [-0.1, -0.05) is 30.3 Å². The zero-order chi connectivity index (χ0) is 19.6. The number of aromatic nitrogens is 2. The summed E-state index contributed by atoms with van der Waals surface area (Å²) in [5.41, 5.74) is 1.28. The van der Waals surface area contributed by atoms with E-state index in [4.69, 9.17) is 0 Å². The molecule has 0 spiro atoms. The summed E-state index contributed by atoms with van der Waals surface area (Å²) in [7, 11) is 0. The molecule has 5 N–H and O–H groups in total. The van der Waals surface area contributed by atoms with E-state index in [-0.39, 0.29) is 28.7 Å². The zero-order valence-electron chi connectivity index (χ0n) is 14.2. The van der Waals surface area contributed by atoms with Crippen molar-refractivity contribution in [3.05, 3.63) is 91.1 Å². The number of phenols is 2. The third-order valence-corrected chi connectivity index (χ3v) is 5.09. The first-order valence-corrected chi connectivity index (χ1v) is 8.49. The third kappa shape index (κ3) is 2.08. The van der Waals surface area contributed by atoms with Crippen LogP contribution in [-0.2, 0) is 0 Å². The van der Waals surface area contributed by atoms with E-state index in [1.54, 1.807) is 24.3 Å². The molecule has 0 saturated carbocycles. The van der Waals surface area contributed by atoms with Crippen LogP contribution in [0.15, 0.2) is 57.6 Å². The highest BCUT2D eigenvalue weighted by molar-refractivity contribution is 6.23. The number of hydrogen-bond donors (Lipinski definition) is 5. The Labute approximate surface area is 156 Å². The van der Waals surface area contributed by atoms with Gasteiger partial charge in [0.1, 0.15) is 5.82 Å². The van der Waals surface area contributed by atoms with Gasteiger partial charge in [-0.25, -0.2) is 4.79 Å². The highest BCUT2D eigenvalue weighted by Crippen LogP contribution is 2.48. The van der Waals surface area contributed by atoms with Gasteiger partial charge in [-0.05, 0) is 17.7 Å². The van der Waals surface area contributed by atoms with E-state index in [2.05, 4.69) is 15.3 Å². The molecule has 0 saturated heterocycles.